The van der Waals surface area contributed by atoms with E-state index >= 15 is 0 Å². The van der Waals surface area contributed by atoms with Gasteiger partial charge < -0.3 is 20.0 Å². The highest BCUT2D eigenvalue weighted by atomic mass is 16.3. The molecule has 6 heteroatoms. The highest BCUT2D eigenvalue weighted by molar-refractivity contribution is 5.98. The number of rotatable bonds is 5. The van der Waals surface area contributed by atoms with Gasteiger partial charge in [0.2, 0.25) is 5.91 Å². The number of carbonyl (C=O) groups is 2. The monoisotopic (exact) mass is 280 g/mol. The summed E-state index contributed by atoms with van der Waals surface area (Å²) in [6.07, 6.45) is 0. The van der Waals surface area contributed by atoms with Crippen molar-refractivity contribution in [3.8, 4) is 11.5 Å². The molecule has 0 saturated carbocycles. The van der Waals surface area contributed by atoms with Gasteiger partial charge in [-0.1, -0.05) is 0 Å². The fourth-order valence-electron chi connectivity index (χ4n) is 1.86. The number of aromatic hydroxyl groups is 2. The van der Waals surface area contributed by atoms with Crippen LogP contribution < -0.4 is 0 Å². The van der Waals surface area contributed by atoms with Crippen LogP contribution >= 0.6 is 0 Å². The van der Waals surface area contributed by atoms with Crippen molar-refractivity contribution in [3.63, 3.8) is 0 Å². The van der Waals surface area contributed by atoms with E-state index in [-0.39, 0.29) is 29.5 Å². The first kappa shape index (κ1) is 15.8. The van der Waals surface area contributed by atoms with Crippen LogP contribution in [0.25, 0.3) is 0 Å². The molecule has 110 valence electrons. The average Bonchev–Trinajstić information content (AvgIpc) is 2.39. The Kier molecular flexibility index (Phi) is 5.37. The molecule has 0 aliphatic rings. The van der Waals surface area contributed by atoms with Gasteiger partial charge in [0.05, 0.1) is 12.1 Å². The maximum atomic E-state index is 12.1. The van der Waals surface area contributed by atoms with Crippen LogP contribution in [0.2, 0.25) is 0 Å². The second kappa shape index (κ2) is 6.79. The van der Waals surface area contributed by atoms with Gasteiger partial charge in [-0.15, -0.1) is 0 Å². The van der Waals surface area contributed by atoms with Crippen molar-refractivity contribution in [1.29, 1.82) is 0 Å². The minimum Gasteiger partial charge on any atom is -0.508 e. The summed E-state index contributed by atoms with van der Waals surface area (Å²) in [5.74, 6) is -1.05. The first-order chi connectivity index (χ1) is 9.40. The van der Waals surface area contributed by atoms with Gasteiger partial charge in [0.25, 0.3) is 5.91 Å². The Bertz CT molecular complexity index is 498. The van der Waals surface area contributed by atoms with Crippen molar-refractivity contribution in [2.75, 3.05) is 26.7 Å². The summed E-state index contributed by atoms with van der Waals surface area (Å²) in [6, 6.07) is 3.73. The van der Waals surface area contributed by atoms with E-state index in [1.54, 1.807) is 4.90 Å². The van der Waals surface area contributed by atoms with Crippen molar-refractivity contribution in [3.05, 3.63) is 23.8 Å². The third-order valence-corrected chi connectivity index (χ3v) is 3.05. The topological polar surface area (TPSA) is 81.1 Å². The van der Waals surface area contributed by atoms with Crippen LogP contribution in [-0.2, 0) is 4.79 Å². The van der Waals surface area contributed by atoms with Crippen molar-refractivity contribution in [2.24, 2.45) is 0 Å². The SMILES string of the molecule is CCN(CC)C(=O)CN(C)C(=O)c1ccc(O)cc1O. The number of phenols is 2. The van der Waals surface area contributed by atoms with Crippen molar-refractivity contribution in [2.45, 2.75) is 13.8 Å². The molecule has 0 radical (unpaired) electrons. The summed E-state index contributed by atoms with van der Waals surface area (Å²) in [7, 11) is 1.50. The van der Waals surface area contributed by atoms with E-state index in [2.05, 4.69) is 0 Å². The summed E-state index contributed by atoms with van der Waals surface area (Å²) in [5.41, 5.74) is 0.0534. The number of benzene rings is 1. The highest BCUT2D eigenvalue weighted by Crippen LogP contribution is 2.23. The molecule has 2 amide bonds. The molecule has 0 bridgehead atoms. The summed E-state index contributed by atoms with van der Waals surface area (Å²) < 4.78 is 0. The minimum absolute atomic E-state index is 0.0534. The molecule has 1 rings (SSSR count). The standard InChI is InChI=1S/C14H20N2O4/c1-4-16(5-2)13(19)9-15(3)14(20)11-7-6-10(17)8-12(11)18/h6-8,17-18H,4-5,9H2,1-3H3. The second-order valence-electron chi connectivity index (χ2n) is 4.43. The molecule has 0 aliphatic carbocycles. The lowest BCUT2D eigenvalue weighted by atomic mass is 10.1. The van der Waals surface area contributed by atoms with E-state index in [0.29, 0.717) is 13.1 Å². The maximum absolute atomic E-state index is 12.1. The van der Waals surface area contributed by atoms with Crippen LogP contribution in [0.3, 0.4) is 0 Å². The zero-order valence-electron chi connectivity index (χ0n) is 12.0. The van der Waals surface area contributed by atoms with Gasteiger partial charge in [-0.25, -0.2) is 0 Å². The first-order valence-corrected chi connectivity index (χ1v) is 6.45. The van der Waals surface area contributed by atoms with Gasteiger partial charge in [0.15, 0.2) is 0 Å². The number of carbonyl (C=O) groups excluding carboxylic acids is 2. The predicted molar refractivity (Wildman–Crippen MR) is 74.7 cm³/mol. The fourth-order valence-corrected chi connectivity index (χ4v) is 1.86. The first-order valence-electron chi connectivity index (χ1n) is 6.45. The molecule has 20 heavy (non-hydrogen) atoms. The van der Waals surface area contributed by atoms with Crippen LogP contribution in [-0.4, -0.2) is 58.5 Å². The Hall–Kier alpha value is -2.24. The largest absolute Gasteiger partial charge is 0.508 e. The predicted octanol–water partition coefficient (Wildman–Crippen LogP) is 1.04. The number of phenolic OH excluding ortho intramolecular Hbond substituents is 2. The van der Waals surface area contributed by atoms with Crippen LogP contribution in [0.1, 0.15) is 24.2 Å². The van der Waals surface area contributed by atoms with Crippen LogP contribution in [0.4, 0.5) is 0 Å². The maximum Gasteiger partial charge on any atom is 0.257 e. The quantitative estimate of drug-likeness (QED) is 0.844. The van der Waals surface area contributed by atoms with Gasteiger partial charge in [-0.05, 0) is 26.0 Å². The Morgan fingerprint density at radius 2 is 1.75 bits per heavy atom. The molecule has 0 aromatic heterocycles. The van der Waals surface area contributed by atoms with Gasteiger partial charge in [0.1, 0.15) is 11.5 Å². The van der Waals surface area contributed by atoms with Gasteiger partial charge in [-0.3, -0.25) is 9.59 Å². The van der Waals surface area contributed by atoms with Crippen LogP contribution in [0, 0.1) is 0 Å². The molecule has 0 spiro atoms. The number of hydrogen-bond donors (Lipinski definition) is 2. The number of amides is 2. The lowest BCUT2D eigenvalue weighted by Crippen LogP contribution is -2.41. The Labute approximate surface area is 118 Å². The van der Waals surface area contributed by atoms with Gasteiger partial charge in [0, 0.05) is 26.2 Å². The molecule has 1 aromatic carbocycles. The van der Waals surface area contributed by atoms with Crippen LogP contribution in [0.15, 0.2) is 18.2 Å². The molecular formula is C14H20N2O4. The Balaban J connectivity index is 2.79. The minimum atomic E-state index is -0.469. The van der Waals surface area contributed by atoms with Crippen molar-refractivity contribution >= 4 is 11.8 Å². The normalized spacial score (nSPS) is 10.2. The van der Waals surface area contributed by atoms with Crippen molar-refractivity contribution < 1.29 is 19.8 Å². The molecule has 0 fully saturated rings. The lowest BCUT2D eigenvalue weighted by molar-refractivity contribution is -0.131. The summed E-state index contributed by atoms with van der Waals surface area (Å²) in [6.45, 7) is 4.86. The van der Waals surface area contributed by atoms with Gasteiger partial charge >= 0.3 is 0 Å². The Morgan fingerprint density at radius 3 is 2.25 bits per heavy atom. The summed E-state index contributed by atoms with van der Waals surface area (Å²) in [4.78, 5) is 26.9. The highest BCUT2D eigenvalue weighted by Gasteiger charge is 2.20. The molecule has 2 N–H and O–H groups in total. The third-order valence-electron chi connectivity index (χ3n) is 3.05. The van der Waals surface area contributed by atoms with E-state index in [1.807, 2.05) is 13.8 Å². The lowest BCUT2D eigenvalue weighted by Gasteiger charge is -2.23. The average molecular weight is 280 g/mol. The second-order valence-corrected chi connectivity index (χ2v) is 4.43. The number of likely N-dealkylation sites (N-methyl/N-ethyl adjacent to an activating group) is 2. The molecule has 0 aliphatic heterocycles. The zero-order valence-corrected chi connectivity index (χ0v) is 12.0. The molecule has 6 nitrogen and oxygen atoms in total. The van der Waals surface area contributed by atoms with E-state index < -0.39 is 5.91 Å². The van der Waals surface area contributed by atoms with E-state index in [9.17, 15) is 19.8 Å². The molecular weight excluding hydrogens is 260 g/mol. The van der Waals surface area contributed by atoms with Crippen molar-refractivity contribution in [1.82, 2.24) is 9.80 Å². The van der Waals surface area contributed by atoms with Gasteiger partial charge in [-0.2, -0.15) is 0 Å². The zero-order chi connectivity index (χ0) is 15.3. The number of hydrogen-bond acceptors (Lipinski definition) is 4. The molecule has 0 heterocycles. The molecule has 0 atom stereocenters. The van der Waals surface area contributed by atoms with E-state index in [4.69, 9.17) is 0 Å². The molecule has 0 saturated heterocycles. The van der Waals surface area contributed by atoms with E-state index in [1.165, 1.54) is 24.1 Å². The van der Waals surface area contributed by atoms with Crippen LogP contribution in [0.5, 0.6) is 11.5 Å². The smallest absolute Gasteiger partial charge is 0.257 e. The Morgan fingerprint density at radius 1 is 1.15 bits per heavy atom. The number of nitrogens with zero attached hydrogens (tertiary/aromatic N) is 2. The fraction of sp³-hybridized carbons (Fsp3) is 0.429. The molecule has 0 unspecified atom stereocenters. The third kappa shape index (κ3) is 3.63. The summed E-state index contributed by atoms with van der Waals surface area (Å²) >= 11 is 0. The molecule has 1 aromatic rings. The summed E-state index contributed by atoms with van der Waals surface area (Å²) in [5, 5.41) is 18.8. The van der Waals surface area contributed by atoms with E-state index in [0.717, 1.165) is 6.07 Å².